The first-order valence-corrected chi connectivity index (χ1v) is 11.9. The Kier molecular flexibility index (Phi) is 5.02. The van der Waals surface area contributed by atoms with Crippen molar-refractivity contribution < 1.29 is 19.2 Å². The van der Waals surface area contributed by atoms with E-state index in [0.29, 0.717) is 17.1 Å². The number of anilines is 1. The molecule has 1 aromatic carbocycles. The summed E-state index contributed by atoms with van der Waals surface area (Å²) < 4.78 is 16.7. The lowest BCUT2D eigenvalue weighted by atomic mass is 9.98. The van der Waals surface area contributed by atoms with Gasteiger partial charge in [0.1, 0.15) is 14.8 Å². The Morgan fingerprint density at radius 2 is 2.14 bits per heavy atom. The minimum atomic E-state index is -3.52. The minimum Gasteiger partial charge on any atom is -0.388 e. The van der Waals surface area contributed by atoms with Crippen molar-refractivity contribution in [1.29, 1.82) is 0 Å². The zero-order valence-electron chi connectivity index (χ0n) is 16.3. The number of hydrogen-bond acceptors (Lipinski definition) is 6. The molecule has 0 saturated heterocycles. The molecule has 0 aliphatic heterocycles. The van der Waals surface area contributed by atoms with Crippen LogP contribution < -0.4 is 10.5 Å². The molecule has 0 saturated carbocycles. The number of urea groups is 1. The van der Waals surface area contributed by atoms with Gasteiger partial charge in [-0.05, 0) is 62.6 Å². The molecule has 0 radical (unpaired) electrons. The molecule has 0 fully saturated rings. The summed E-state index contributed by atoms with van der Waals surface area (Å²) in [5.41, 5.74) is 3.35. The van der Waals surface area contributed by atoms with Gasteiger partial charge in [-0.1, -0.05) is 6.07 Å². The third-order valence-electron chi connectivity index (χ3n) is 5.29. The number of hydrogen-bond donors (Lipinski definition) is 4. The fraction of sp³-hybridized carbons (Fsp3) is 0.474. The smallest absolute Gasteiger partial charge is 0.354 e. The van der Waals surface area contributed by atoms with E-state index in [9.17, 15) is 19.2 Å². The molecule has 2 aromatic rings. The van der Waals surface area contributed by atoms with E-state index in [0.717, 1.165) is 53.7 Å². The van der Waals surface area contributed by atoms with Crippen molar-refractivity contribution in [3.05, 3.63) is 39.5 Å². The number of aryl methyl sites for hydroxylation is 2. The highest BCUT2D eigenvalue weighted by molar-refractivity contribution is 7.93. The van der Waals surface area contributed by atoms with Crippen LogP contribution in [0.15, 0.2) is 20.8 Å². The number of rotatable bonds is 3. The Morgan fingerprint density at radius 1 is 1.38 bits per heavy atom. The van der Waals surface area contributed by atoms with Gasteiger partial charge in [0.2, 0.25) is 0 Å². The zero-order chi connectivity index (χ0) is 21.0. The van der Waals surface area contributed by atoms with Gasteiger partial charge in [0.15, 0.2) is 9.92 Å². The molecule has 0 spiro atoms. The number of nitrogens with two attached hydrogens (primary N) is 1. The SMILES string of the molecule is CC(C)(O)c1ncc(S(N)(=O)=NC(=O)Nc2c3c(cc4c2C(O)CC4)CCC3)s1. The van der Waals surface area contributed by atoms with Crippen molar-refractivity contribution in [2.75, 3.05) is 5.32 Å². The number of aliphatic hydroxyl groups is 2. The molecule has 8 nitrogen and oxygen atoms in total. The predicted octanol–water partition coefficient (Wildman–Crippen LogP) is 2.77. The Hall–Kier alpha value is -1.85. The van der Waals surface area contributed by atoms with Gasteiger partial charge < -0.3 is 15.5 Å². The van der Waals surface area contributed by atoms with Crippen LogP contribution in [-0.2, 0) is 34.8 Å². The highest BCUT2D eigenvalue weighted by atomic mass is 32.2. The van der Waals surface area contributed by atoms with E-state index >= 15 is 0 Å². The molecule has 10 heteroatoms. The van der Waals surface area contributed by atoms with Crippen LogP contribution in [0, 0.1) is 0 Å². The van der Waals surface area contributed by atoms with Crippen molar-refractivity contribution in [2.45, 2.75) is 61.9 Å². The lowest BCUT2D eigenvalue weighted by molar-refractivity contribution is 0.0783. The van der Waals surface area contributed by atoms with Crippen LogP contribution in [0.2, 0.25) is 0 Å². The molecule has 2 unspecified atom stereocenters. The monoisotopic (exact) mass is 436 g/mol. The zero-order valence-corrected chi connectivity index (χ0v) is 17.9. The molecule has 5 N–H and O–H groups in total. The van der Waals surface area contributed by atoms with E-state index in [2.05, 4.69) is 20.7 Å². The van der Waals surface area contributed by atoms with Crippen molar-refractivity contribution in [3.63, 3.8) is 0 Å². The van der Waals surface area contributed by atoms with Crippen LogP contribution in [0.25, 0.3) is 0 Å². The fourth-order valence-corrected chi connectivity index (χ4v) is 6.03. The maximum atomic E-state index is 12.9. The van der Waals surface area contributed by atoms with E-state index in [1.165, 1.54) is 11.8 Å². The van der Waals surface area contributed by atoms with Gasteiger partial charge in [-0.2, -0.15) is 0 Å². The summed E-state index contributed by atoms with van der Waals surface area (Å²) in [6.45, 7) is 3.11. The first-order chi connectivity index (χ1) is 13.6. The normalized spacial score (nSPS) is 20.1. The molecule has 0 bridgehead atoms. The second kappa shape index (κ2) is 7.13. The van der Waals surface area contributed by atoms with Gasteiger partial charge in [-0.15, -0.1) is 15.7 Å². The first kappa shape index (κ1) is 20.4. The molecule has 2 aliphatic rings. The van der Waals surface area contributed by atoms with Crippen LogP contribution in [0.5, 0.6) is 0 Å². The first-order valence-electron chi connectivity index (χ1n) is 9.46. The van der Waals surface area contributed by atoms with Gasteiger partial charge in [0.05, 0.1) is 18.0 Å². The number of thiazole rings is 1. The van der Waals surface area contributed by atoms with E-state index in [4.69, 9.17) is 5.14 Å². The molecular formula is C19H24N4O4S2. The molecule has 4 rings (SSSR count). The minimum absolute atomic E-state index is 0.119. The van der Waals surface area contributed by atoms with Gasteiger partial charge in [-0.25, -0.2) is 19.1 Å². The molecule has 2 amide bonds. The lowest BCUT2D eigenvalue weighted by Gasteiger charge is -2.17. The Labute approximate surface area is 173 Å². The van der Waals surface area contributed by atoms with E-state index < -0.39 is 27.7 Å². The molecule has 1 heterocycles. The summed E-state index contributed by atoms with van der Waals surface area (Å²) in [5.74, 6) is 0. The Balaban J connectivity index is 1.67. The summed E-state index contributed by atoms with van der Waals surface area (Å²) >= 11 is 0.960. The molecule has 29 heavy (non-hydrogen) atoms. The topological polar surface area (TPSA) is 138 Å². The van der Waals surface area contributed by atoms with E-state index in [1.54, 1.807) is 13.8 Å². The summed E-state index contributed by atoms with van der Waals surface area (Å²) in [6, 6.07) is 1.31. The number of aliphatic hydroxyl groups excluding tert-OH is 1. The van der Waals surface area contributed by atoms with Crippen molar-refractivity contribution in [1.82, 2.24) is 4.98 Å². The number of fused-ring (bicyclic) bond motifs is 2. The second-order valence-corrected chi connectivity index (χ2v) is 11.1. The number of nitrogens with one attached hydrogen (secondary N) is 1. The average Bonchev–Trinajstić information content (AvgIpc) is 3.33. The van der Waals surface area contributed by atoms with Crippen molar-refractivity contribution in [2.24, 2.45) is 9.50 Å². The maximum absolute atomic E-state index is 12.9. The molecule has 2 atom stereocenters. The molecule has 1 aromatic heterocycles. The van der Waals surface area contributed by atoms with Crippen molar-refractivity contribution >= 4 is 33.0 Å². The van der Waals surface area contributed by atoms with Gasteiger partial charge in [0.25, 0.3) is 0 Å². The predicted molar refractivity (Wildman–Crippen MR) is 111 cm³/mol. The van der Waals surface area contributed by atoms with E-state index in [1.807, 2.05) is 0 Å². The largest absolute Gasteiger partial charge is 0.388 e. The highest BCUT2D eigenvalue weighted by Crippen LogP contribution is 2.43. The van der Waals surface area contributed by atoms with Gasteiger partial charge in [0, 0.05) is 5.56 Å². The summed E-state index contributed by atoms with van der Waals surface area (Å²) in [7, 11) is -3.52. The van der Waals surface area contributed by atoms with Crippen LogP contribution in [0.3, 0.4) is 0 Å². The van der Waals surface area contributed by atoms with Crippen LogP contribution in [-0.4, -0.2) is 25.4 Å². The van der Waals surface area contributed by atoms with Gasteiger partial charge >= 0.3 is 6.03 Å². The molecule has 2 aliphatic carbocycles. The number of carbonyl (C=O) groups excluding carboxylic acids is 1. The average molecular weight is 437 g/mol. The van der Waals surface area contributed by atoms with Crippen LogP contribution in [0.1, 0.15) is 60.1 Å². The second-order valence-electron chi connectivity index (χ2n) is 8.00. The van der Waals surface area contributed by atoms with Crippen LogP contribution in [0.4, 0.5) is 10.5 Å². The quantitative estimate of drug-likeness (QED) is 0.586. The number of benzene rings is 1. The standard InChI is InChI=1S/C19H24N4O4S2/c1-19(2,26)17-21-9-14(28-17)29(20,27)23-18(25)22-16-12-5-3-4-10(12)8-11-6-7-13(24)15(11)16/h8-9,13,24,26H,3-7H2,1-2H3,(H3,20,22,23,25,27). The maximum Gasteiger partial charge on any atom is 0.354 e. The third kappa shape index (κ3) is 3.82. The fourth-order valence-electron chi connectivity index (χ4n) is 3.97. The number of carbonyl (C=O) groups is 1. The summed E-state index contributed by atoms with van der Waals surface area (Å²) in [5, 5.41) is 29.4. The van der Waals surface area contributed by atoms with Crippen molar-refractivity contribution in [3.8, 4) is 0 Å². The molecular weight excluding hydrogens is 412 g/mol. The Bertz CT molecular complexity index is 1110. The van der Waals surface area contributed by atoms with Gasteiger partial charge in [-0.3, -0.25) is 0 Å². The third-order valence-corrected chi connectivity index (χ3v) is 8.48. The summed E-state index contributed by atoms with van der Waals surface area (Å²) in [6.07, 6.45) is 4.76. The number of nitrogens with zero attached hydrogens (tertiary/aromatic N) is 2. The highest BCUT2D eigenvalue weighted by Gasteiger charge is 2.30. The number of amides is 2. The summed E-state index contributed by atoms with van der Waals surface area (Å²) in [4.78, 5) is 16.7. The molecule has 156 valence electrons. The van der Waals surface area contributed by atoms with E-state index in [-0.39, 0.29) is 4.21 Å². The number of aromatic nitrogens is 1. The van der Waals surface area contributed by atoms with Crippen LogP contribution >= 0.6 is 11.3 Å². The Morgan fingerprint density at radius 3 is 2.83 bits per heavy atom. The lowest BCUT2D eigenvalue weighted by Crippen LogP contribution is -2.18.